The van der Waals surface area contributed by atoms with Crippen LogP contribution in [-0.2, 0) is 9.59 Å². The molecular weight excluding hydrogens is 300 g/mol. The minimum Gasteiger partial charge on any atom is -0.478 e. The molecule has 0 aliphatic heterocycles. The molecule has 0 bridgehead atoms. The van der Waals surface area contributed by atoms with Gasteiger partial charge in [0.25, 0.3) is 0 Å². The van der Waals surface area contributed by atoms with Crippen molar-refractivity contribution in [3.05, 3.63) is 58.1 Å². The number of aromatic nitrogens is 1. The first-order valence-electron chi connectivity index (χ1n) is 6.45. The third-order valence-corrected chi connectivity index (χ3v) is 3.51. The molecule has 1 aromatic carbocycles. The molecule has 0 unspecified atom stereocenters. The fraction of sp³-hybridized carbons (Fsp3) is 0.0625. The summed E-state index contributed by atoms with van der Waals surface area (Å²) in [5, 5.41) is 12.2. The monoisotopic (exact) mass is 314 g/mol. The molecule has 2 N–H and O–H groups in total. The maximum Gasteiger partial charge on any atom is 0.328 e. The van der Waals surface area contributed by atoms with Crippen LogP contribution in [0, 0.1) is 6.92 Å². The van der Waals surface area contributed by atoms with Gasteiger partial charge in [-0.05, 0) is 36.8 Å². The molecule has 0 atom stereocenters. The number of nitrogens with one attached hydrogen (secondary N) is 1. The second-order valence-corrected chi connectivity index (χ2v) is 5.66. The molecular formula is C16H14N2O3S. The van der Waals surface area contributed by atoms with Crippen LogP contribution in [0.5, 0.6) is 0 Å². The highest BCUT2D eigenvalue weighted by molar-refractivity contribution is 7.12. The number of nitrogens with zero attached hydrogens (tertiary/aromatic N) is 1. The van der Waals surface area contributed by atoms with Crippen molar-refractivity contribution < 1.29 is 14.7 Å². The van der Waals surface area contributed by atoms with Gasteiger partial charge in [-0.3, -0.25) is 4.79 Å². The van der Waals surface area contributed by atoms with E-state index >= 15 is 0 Å². The summed E-state index contributed by atoms with van der Waals surface area (Å²) in [5.74, 6) is -1.24. The number of aliphatic carboxylic acids is 1. The Kier molecular flexibility index (Phi) is 5.21. The zero-order valence-corrected chi connectivity index (χ0v) is 12.6. The molecule has 5 nitrogen and oxygen atoms in total. The Hall–Kier alpha value is -2.73. The van der Waals surface area contributed by atoms with E-state index in [0.29, 0.717) is 5.69 Å². The molecule has 1 amide bonds. The molecule has 0 fully saturated rings. The summed E-state index contributed by atoms with van der Waals surface area (Å²) in [7, 11) is 0. The molecule has 2 rings (SSSR count). The largest absolute Gasteiger partial charge is 0.478 e. The van der Waals surface area contributed by atoms with E-state index < -0.39 is 5.97 Å². The van der Waals surface area contributed by atoms with E-state index in [1.54, 1.807) is 36.5 Å². The highest BCUT2D eigenvalue weighted by Crippen LogP contribution is 2.14. The molecule has 1 heterocycles. The fourth-order valence-corrected chi connectivity index (χ4v) is 2.33. The molecule has 112 valence electrons. The van der Waals surface area contributed by atoms with Gasteiger partial charge < -0.3 is 10.4 Å². The van der Waals surface area contributed by atoms with Crippen LogP contribution in [-0.4, -0.2) is 22.0 Å². The van der Waals surface area contributed by atoms with Crippen molar-refractivity contribution in [1.29, 1.82) is 0 Å². The van der Waals surface area contributed by atoms with Crippen LogP contribution < -0.4 is 5.32 Å². The summed E-state index contributed by atoms with van der Waals surface area (Å²) in [4.78, 5) is 27.2. The van der Waals surface area contributed by atoms with Gasteiger partial charge in [0.1, 0.15) is 0 Å². The van der Waals surface area contributed by atoms with Crippen LogP contribution in [0.3, 0.4) is 0 Å². The number of carboxylic acids is 1. The number of hydrogen-bond donors (Lipinski definition) is 2. The van der Waals surface area contributed by atoms with Crippen LogP contribution >= 0.6 is 11.3 Å². The summed E-state index contributed by atoms with van der Waals surface area (Å²) < 4.78 is 0. The Balaban J connectivity index is 1.94. The van der Waals surface area contributed by atoms with Crippen LogP contribution in [0.1, 0.15) is 15.4 Å². The highest BCUT2D eigenvalue weighted by Gasteiger charge is 1.99. The molecule has 0 saturated carbocycles. The first-order valence-corrected chi connectivity index (χ1v) is 7.27. The first kappa shape index (κ1) is 15.7. The third kappa shape index (κ3) is 4.99. The molecule has 22 heavy (non-hydrogen) atoms. The molecule has 6 heteroatoms. The van der Waals surface area contributed by atoms with E-state index in [1.807, 2.05) is 6.92 Å². The number of amides is 1. The van der Waals surface area contributed by atoms with E-state index in [9.17, 15) is 9.59 Å². The quantitative estimate of drug-likeness (QED) is 0.831. The van der Waals surface area contributed by atoms with Crippen molar-refractivity contribution in [2.45, 2.75) is 6.92 Å². The van der Waals surface area contributed by atoms with Crippen LogP contribution in [0.25, 0.3) is 12.2 Å². The van der Waals surface area contributed by atoms with E-state index in [4.69, 9.17) is 5.11 Å². The normalized spacial score (nSPS) is 11.1. The van der Waals surface area contributed by atoms with Crippen molar-refractivity contribution in [2.24, 2.45) is 0 Å². The van der Waals surface area contributed by atoms with Gasteiger partial charge in [0.2, 0.25) is 5.91 Å². The summed E-state index contributed by atoms with van der Waals surface area (Å²) in [6.45, 7) is 1.91. The zero-order chi connectivity index (χ0) is 15.9. The van der Waals surface area contributed by atoms with Gasteiger partial charge in [0, 0.05) is 28.9 Å². The van der Waals surface area contributed by atoms with Crippen molar-refractivity contribution in [2.75, 3.05) is 5.32 Å². The van der Waals surface area contributed by atoms with Crippen LogP contribution in [0.2, 0.25) is 0 Å². The lowest BCUT2D eigenvalue weighted by Crippen LogP contribution is -2.07. The van der Waals surface area contributed by atoms with Gasteiger partial charge >= 0.3 is 5.97 Å². The molecule has 2 aromatic rings. The third-order valence-electron chi connectivity index (χ3n) is 2.63. The standard InChI is InChI=1S/C16H14N2O3S/c1-11-17-10-14(22-11)7-8-15(19)18-13-5-2-12(3-6-13)4-9-16(20)21/h2-10H,1H3,(H,18,19)(H,20,21). The lowest BCUT2D eigenvalue weighted by Gasteiger charge is -2.02. The predicted octanol–water partition coefficient (Wildman–Crippen LogP) is 3.20. The maximum atomic E-state index is 11.8. The number of benzene rings is 1. The van der Waals surface area contributed by atoms with Gasteiger partial charge in [0.15, 0.2) is 0 Å². The number of rotatable bonds is 5. The average molecular weight is 314 g/mol. The van der Waals surface area contributed by atoms with Crippen LogP contribution in [0.15, 0.2) is 42.6 Å². The van der Waals surface area contributed by atoms with E-state index in [1.165, 1.54) is 23.5 Å². The molecule has 0 saturated heterocycles. The number of anilines is 1. The van der Waals surface area contributed by atoms with Crippen molar-refractivity contribution >= 4 is 41.1 Å². The first-order chi connectivity index (χ1) is 10.5. The fourth-order valence-electron chi connectivity index (χ4n) is 1.64. The number of hydrogen-bond acceptors (Lipinski definition) is 4. The van der Waals surface area contributed by atoms with Gasteiger partial charge in [0.05, 0.1) is 5.01 Å². The lowest BCUT2D eigenvalue weighted by molar-refractivity contribution is -0.131. The van der Waals surface area contributed by atoms with Gasteiger partial charge in [-0.2, -0.15) is 0 Å². The Morgan fingerprint density at radius 3 is 2.50 bits per heavy atom. The average Bonchev–Trinajstić information content (AvgIpc) is 2.90. The van der Waals surface area contributed by atoms with E-state index in [-0.39, 0.29) is 5.91 Å². The Labute approximate surface area is 131 Å². The summed E-state index contributed by atoms with van der Waals surface area (Å²) in [5.41, 5.74) is 1.39. The Bertz CT molecular complexity index is 730. The topological polar surface area (TPSA) is 79.3 Å². The summed E-state index contributed by atoms with van der Waals surface area (Å²) in [6.07, 6.45) is 7.43. The lowest BCUT2D eigenvalue weighted by atomic mass is 10.2. The van der Waals surface area contributed by atoms with Gasteiger partial charge in [-0.25, -0.2) is 9.78 Å². The van der Waals surface area contributed by atoms with E-state index in [2.05, 4.69) is 10.3 Å². The molecule has 0 radical (unpaired) electrons. The number of carbonyl (C=O) groups excluding carboxylic acids is 1. The number of carboxylic acid groups (broad SMARTS) is 1. The van der Waals surface area contributed by atoms with Crippen molar-refractivity contribution in [3.8, 4) is 0 Å². The van der Waals surface area contributed by atoms with Gasteiger partial charge in [-0.15, -0.1) is 11.3 Å². The smallest absolute Gasteiger partial charge is 0.328 e. The second-order valence-electron chi connectivity index (χ2n) is 4.40. The number of aryl methyl sites for hydroxylation is 1. The Morgan fingerprint density at radius 1 is 1.18 bits per heavy atom. The van der Waals surface area contributed by atoms with E-state index in [0.717, 1.165) is 21.5 Å². The second kappa shape index (κ2) is 7.33. The SMILES string of the molecule is Cc1ncc(C=CC(=O)Nc2ccc(C=CC(=O)O)cc2)s1. The maximum absolute atomic E-state index is 11.8. The minimum atomic E-state index is -0.999. The number of thiazole rings is 1. The Morgan fingerprint density at radius 2 is 1.91 bits per heavy atom. The number of carbonyl (C=O) groups is 2. The van der Waals surface area contributed by atoms with Crippen molar-refractivity contribution in [3.63, 3.8) is 0 Å². The molecule has 0 aliphatic carbocycles. The summed E-state index contributed by atoms with van der Waals surface area (Å²) >= 11 is 1.51. The van der Waals surface area contributed by atoms with Crippen molar-refractivity contribution in [1.82, 2.24) is 4.98 Å². The minimum absolute atomic E-state index is 0.236. The van der Waals surface area contributed by atoms with Crippen LogP contribution in [0.4, 0.5) is 5.69 Å². The molecule has 1 aromatic heterocycles. The predicted molar refractivity (Wildman–Crippen MR) is 87.6 cm³/mol. The van der Waals surface area contributed by atoms with Gasteiger partial charge in [-0.1, -0.05) is 12.1 Å². The molecule has 0 spiro atoms. The zero-order valence-electron chi connectivity index (χ0n) is 11.8. The molecule has 0 aliphatic rings. The highest BCUT2D eigenvalue weighted by atomic mass is 32.1. The summed E-state index contributed by atoms with van der Waals surface area (Å²) in [6, 6.07) is 6.88.